The molecule has 104 valence electrons. The van der Waals surface area contributed by atoms with Gasteiger partial charge in [0.15, 0.2) is 0 Å². The van der Waals surface area contributed by atoms with E-state index in [0.29, 0.717) is 18.0 Å². The Kier molecular flexibility index (Phi) is 4.68. The molecule has 1 amide bonds. The highest BCUT2D eigenvalue weighted by molar-refractivity contribution is 5.92. The van der Waals surface area contributed by atoms with Crippen LogP contribution in [0.25, 0.3) is 0 Å². The zero-order valence-electron chi connectivity index (χ0n) is 10.8. The predicted molar refractivity (Wildman–Crippen MR) is 74.9 cm³/mol. The van der Waals surface area contributed by atoms with E-state index < -0.39 is 0 Å². The second-order valence-corrected chi connectivity index (χ2v) is 4.20. The van der Waals surface area contributed by atoms with Crippen molar-refractivity contribution in [1.82, 2.24) is 0 Å². The van der Waals surface area contributed by atoms with Crippen LogP contribution in [0.2, 0.25) is 0 Å². The Bertz CT molecular complexity index is 585. The smallest absolute Gasteiger partial charge is 0.238 e. The van der Waals surface area contributed by atoms with E-state index >= 15 is 0 Å². The second-order valence-electron chi connectivity index (χ2n) is 4.20. The number of rotatable bonds is 5. The first-order valence-electron chi connectivity index (χ1n) is 6.14. The Morgan fingerprint density at radius 3 is 2.65 bits per heavy atom. The minimum absolute atomic E-state index is 0.0688. The van der Waals surface area contributed by atoms with Crippen LogP contribution in [0.1, 0.15) is 5.56 Å². The highest BCUT2D eigenvalue weighted by atomic mass is 19.1. The normalized spacial score (nSPS) is 10.1. The fourth-order valence-electron chi connectivity index (χ4n) is 1.62. The summed E-state index contributed by atoms with van der Waals surface area (Å²) >= 11 is 0. The van der Waals surface area contributed by atoms with Gasteiger partial charge in [-0.1, -0.05) is 18.2 Å². The minimum atomic E-state index is -0.278. The maximum Gasteiger partial charge on any atom is 0.238 e. The van der Waals surface area contributed by atoms with Gasteiger partial charge in [-0.3, -0.25) is 4.79 Å². The molecule has 0 aliphatic rings. The van der Waals surface area contributed by atoms with Gasteiger partial charge in [-0.05, 0) is 29.8 Å². The molecule has 0 saturated carbocycles. The molecule has 0 aliphatic heterocycles. The molecule has 0 radical (unpaired) electrons. The standard InChI is InChI=1S/C15H15FN2O2/c16-12-6-4-11(5-7-12)10-20-14-3-1-2-13(8-14)18-15(19)9-17/h1-8H,9-10,17H2,(H,18,19). The molecular weight excluding hydrogens is 259 g/mol. The van der Waals surface area contributed by atoms with Crippen molar-refractivity contribution in [2.45, 2.75) is 6.61 Å². The van der Waals surface area contributed by atoms with Crippen molar-refractivity contribution >= 4 is 11.6 Å². The van der Waals surface area contributed by atoms with Crippen LogP contribution >= 0.6 is 0 Å². The largest absolute Gasteiger partial charge is 0.489 e. The summed E-state index contributed by atoms with van der Waals surface area (Å²) in [4.78, 5) is 11.2. The number of halogens is 1. The number of carbonyl (C=O) groups is 1. The summed E-state index contributed by atoms with van der Waals surface area (Å²) in [6.07, 6.45) is 0. The first-order valence-corrected chi connectivity index (χ1v) is 6.14. The van der Waals surface area contributed by atoms with E-state index in [1.54, 1.807) is 36.4 Å². The monoisotopic (exact) mass is 274 g/mol. The number of hydrogen-bond donors (Lipinski definition) is 2. The van der Waals surface area contributed by atoms with Crippen molar-refractivity contribution < 1.29 is 13.9 Å². The summed E-state index contributed by atoms with van der Waals surface area (Å²) in [5.41, 5.74) is 6.72. The Labute approximate surface area is 116 Å². The van der Waals surface area contributed by atoms with Crippen LogP contribution in [0.4, 0.5) is 10.1 Å². The predicted octanol–water partition coefficient (Wildman–Crippen LogP) is 2.30. The number of carbonyl (C=O) groups excluding carboxylic acids is 1. The average molecular weight is 274 g/mol. The molecule has 2 aromatic rings. The van der Waals surface area contributed by atoms with Crippen molar-refractivity contribution in [3.63, 3.8) is 0 Å². The summed E-state index contributed by atoms with van der Waals surface area (Å²) in [6, 6.07) is 13.1. The summed E-state index contributed by atoms with van der Waals surface area (Å²) < 4.78 is 18.3. The van der Waals surface area contributed by atoms with Crippen molar-refractivity contribution in [3.05, 3.63) is 59.9 Å². The molecule has 3 N–H and O–H groups in total. The molecule has 2 aromatic carbocycles. The van der Waals surface area contributed by atoms with Gasteiger partial charge in [0.1, 0.15) is 18.2 Å². The fraction of sp³-hybridized carbons (Fsp3) is 0.133. The molecule has 0 aliphatic carbocycles. The van der Waals surface area contributed by atoms with Gasteiger partial charge in [-0.25, -0.2) is 4.39 Å². The third kappa shape index (κ3) is 4.07. The Hall–Kier alpha value is -2.40. The molecule has 4 nitrogen and oxygen atoms in total. The van der Waals surface area contributed by atoms with Crippen LogP contribution in [0, 0.1) is 5.82 Å². The third-order valence-electron chi connectivity index (χ3n) is 2.62. The molecule has 0 heterocycles. The number of amides is 1. The fourth-order valence-corrected chi connectivity index (χ4v) is 1.62. The zero-order valence-corrected chi connectivity index (χ0v) is 10.8. The van der Waals surface area contributed by atoms with Gasteiger partial charge in [0.05, 0.1) is 6.54 Å². The van der Waals surface area contributed by atoms with Gasteiger partial charge in [0.2, 0.25) is 5.91 Å². The van der Waals surface area contributed by atoms with Gasteiger partial charge in [0.25, 0.3) is 0 Å². The molecule has 20 heavy (non-hydrogen) atoms. The van der Waals surface area contributed by atoms with Gasteiger partial charge in [-0.15, -0.1) is 0 Å². The summed E-state index contributed by atoms with van der Waals surface area (Å²) in [5.74, 6) is 0.0741. The second kappa shape index (κ2) is 6.68. The topological polar surface area (TPSA) is 64.4 Å². The van der Waals surface area contributed by atoms with E-state index in [4.69, 9.17) is 10.5 Å². The van der Waals surface area contributed by atoms with E-state index in [2.05, 4.69) is 5.32 Å². The summed E-state index contributed by atoms with van der Waals surface area (Å²) in [5, 5.41) is 2.64. The Balaban J connectivity index is 1.97. The van der Waals surface area contributed by atoms with Crippen LogP contribution < -0.4 is 15.8 Å². The zero-order chi connectivity index (χ0) is 14.4. The first-order chi connectivity index (χ1) is 9.67. The molecule has 0 atom stereocenters. The van der Waals surface area contributed by atoms with Crippen molar-refractivity contribution in [1.29, 1.82) is 0 Å². The highest BCUT2D eigenvalue weighted by Gasteiger charge is 2.01. The van der Waals surface area contributed by atoms with Crippen molar-refractivity contribution in [2.75, 3.05) is 11.9 Å². The maximum absolute atomic E-state index is 12.8. The quantitative estimate of drug-likeness (QED) is 0.879. The number of hydrogen-bond acceptors (Lipinski definition) is 3. The number of nitrogens with two attached hydrogens (primary N) is 1. The van der Waals surface area contributed by atoms with E-state index in [0.717, 1.165) is 5.56 Å². The average Bonchev–Trinajstić information content (AvgIpc) is 2.47. The van der Waals surface area contributed by atoms with E-state index in [-0.39, 0.29) is 18.3 Å². The molecule has 0 spiro atoms. The Morgan fingerprint density at radius 1 is 1.20 bits per heavy atom. The SMILES string of the molecule is NCC(=O)Nc1cccc(OCc2ccc(F)cc2)c1. The van der Waals surface area contributed by atoms with Gasteiger partial charge >= 0.3 is 0 Å². The first kappa shape index (κ1) is 14.0. The minimum Gasteiger partial charge on any atom is -0.489 e. The molecule has 2 rings (SSSR count). The van der Waals surface area contributed by atoms with Gasteiger partial charge in [0, 0.05) is 11.8 Å². The molecule has 0 aromatic heterocycles. The van der Waals surface area contributed by atoms with E-state index in [1.807, 2.05) is 0 Å². The molecule has 0 saturated heterocycles. The number of nitrogens with one attached hydrogen (secondary N) is 1. The number of benzene rings is 2. The van der Waals surface area contributed by atoms with Gasteiger partial charge < -0.3 is 15.8 Å². The lowest BCUT2D eigenvalue weighted by molar-refractivity contribution is -0.114. The third-order valence-corrected chi connectivity index (χ3v) is 2.62. The molecule has 0 unspecified atom stereocenters. The van der Waals surface area contributed by atoms with Crippen LogP contribution in [-0.4, -0.2) is 12.5 Å². The summed E-state index contributed by atoms with van der Waals surface area (Å²) in [7, 11) is 0. The lowest BCUT2D eigenvalue weighted by Crippen LogP contribution is -2.21. The van der Waals surface area contributed by atoms with Crippen molar-refractivity contribution in [2.24, 2.45) is 5.73 Å². The number of ether oxygens (including phenoxy) is 1. The van der Waals surface area contributed by atoms with Crippen molar-refractivity contribution in [3.8, 4) is 5.75 Å². The number of anilines is 1. The van der Waals surface area contributed by atoms with E-state index in [1.165, 1.54) is 12.1 Å². The highest BCUT2D eigenvalue weighted by Crippen LogP contribution is 2.18. The van der Waals surface area contributed by atoms with Crippen LogP contribution in [0.5, 0.6) is 5.75 Å². The lowest BCUT2D eigenvalue weighted by Gasteiger charge is -2.09. The molecule has 0 bridgehead atoms. The lowest BCUT2D eigenvalue weighted by atomic mass is 10.2. The summed E-state index contributed by atoms with van der Waals surface area (Å²) in [6.45, 7) is 0.259. The molecular formula is C15H15FN2O2. The van der Waals surface area contributed by atoms with Crippen LogP contribution in [-0.2, 0) is 11.4 Å². The van der Waals surface area contributed by atoms with Gasteiger partial charge in [-0.2, -0.15) is 0 Å². The Morgan fingerprint density at radius 2 is 1.95 bits per heavy atom. The molecule has 5 heteroatoms. The maximum atomic E-state index is 12.8. The van der Waals surface area contributed by atoms with E-state index in [9.17, 15) is 9.18 Å². The molecule has 0 fully saturated rings. The van der Waals surface area contributed by atoms with Crippen LogP contribution in [0.15, 0.2) is 48.5 Å². The van der Waals surface area contributed by atoms with Crippen LogP contribution in [0.3, 0.4) is 0 Å².